The van der Waals surface area contributed by atoms with Crippen LogP contribution in [0.5, 0.6) is 0 Å². The quantitative estimate of drug-likeness (QED) is 0.778. The molecule has 0 fully saturated rings. The van der Waals surface area contributed by atoms with Gasteiger partial charge in [-0.3, -0.25) is 0 Å². The van der Waals surface area contributed by atoms with Crippen LogP contribution in [0.4, 0.5) is 5.69 Å². The van der Waals surface area contributed by atoms with Crippen LogP contribution >= 0.6 is 0 Å². The van der Waals surface area contributed by atoms with Gasteiger partial charge in [0.2, 0.25) is 10.0 Å². The van der Waals surface area contributed by atoms with Gasteiger partial charge in [0, 0.05) is 19.3 Å². The van der Waals surface area contributed by atoms with Crippen LogP contribution in [0.25, 0.3) is 0 Å². The third kappa shape index (κ3) is 3.49. The highest BCUT2D eigenvalue weighted by Crippen LogP contribution is 2.23. The second-order valence-corrected chi connectivity index (χ2v) is 6.87. The van der Waals surface area contributed by atoms with E-state index in [9.17, 15) is 13.2 Å². The van der Waals surface area contributed by atoms with Crippen LogP contribution in [0.2, 0.25) is 0 Å². The Bertz CT molecular complexity index is 598. The summed E-state index contributed by atoms with van der Waals surface area (Å²) in [4.78, 5) is 11.0. The number of hydrogen-bond donors (Lipinski definition) is 2. The van der Waals surface area contributed by atoms with Crippen molar-refractivity contribution in [1.82, 2.24) is 4.31 Å². The number of sulfonamides is 1. The van der Waals surface area contributed by atoms with E-state index in [-0.39, 0.29) is 22.1 Å². The first-order valence-electron chi connectivity index (χ1n) is 6.29. The van der Waals surface area contributed by atoms with Gasteiger partial charge in [0.05, 0.1) is 10.5 Å². The van der Waals surface area contributed by atoms with Crippen molar-refractivity contribution in [3.8, 4) is 0 Å². The van der Waals surface area contributed by atoms with Crippen LogP contribution in [0.15, 0.2) is 23.1 Å². The number of benzene rings is 1. The molecule has 0 saturated heterocycles. The maximum Gasteiger partial charge on any atom is 0.337 e. The predicted molar refractivity (Wildman–Crippen MR) is 77.1 cm³/mol. The Balaban J connectivity index is 3.25. The molecule has 0 heterocycles. The third-order valence-corrected chi connectivity index (χ3v) is 5.07. The van der Waals surface area contributed by atoms with Gasteiger partial charge in [0.1, 0.15) is 0 Å². The van der Waals surface area contributed by atoms with Crippen molar-refractivity contribution >= 4 is 21.7 Å². The van der Waals surface area contributed by atoms with Crippen LogP contribution in [-0.2, 0) is 10.0 Å². The number of carboxylic acids is 1. The second kappa shape index (κ2) is 6.23. The zero-order chi connectivity index (χ0) is 15.5. The fraction of sp³-hybridized carbons (Fsp3) is 0.462. The number of rotatable bonds is 6. The van der Waals surface area contributed by atoms with Gasteiger partial charge < -0.3 is 10.8 Å². The molecule has 1 aromatic rings. The van der Waals surface area contributed by atoms with Crippen LogP contribution in [0.3, 0.4) is 0 Å². The maximum atomic E-state index is 12.4. The van der Waals surface area contributed by atoms with E-state index in [1.54, 1.807) is 0 Å². The van der Waals surface area contributed by atoms with E-state index in [4.69, 9.17) is 10.8 Å². The van der Waals surface area contributed by atoms with Crippen molar-refractivity contribution in [2.24, 2.45) is 5.92 Å². The molecule has 1 rings (SSSR count). The van der Waals surface area contributed by atoms with E-state index in [0.717, 1.165) is 12.5 Å². The average molecular weight is 300 g/mol. The molecule has 0 aliphatic carbocycles. The molecule has 0 bridgehead atoms. The summed E-state index contributed by atoms with van der Waals surface area (Å²) < 4.78 is 26.1. The molecule has 7 heteroatoms. The normalized spacial score (nSPS) is 13.4. The minimum absolute atomic E-state index is 0.192. The topological polar surface area (TPSA) is 101 Å². The van der Waals surface area contributed by atoms with E-state index in [2.05, 4.69) is 0 Å². The van der Waals surface area contributed by atoms with Crippen molar-refractivity contribution < 1.29 is 18.3 Å². The Kier molecular flexibility index (Phi) is 5.13. The molecule has 3 N–H and O–H groups in total. The zero-order valence-electron chi connectivity index (χ0n) is 11.8. The molecule has 1 aromatic carbocycles. The molecule has 0 amide bonds. The summed E-state index contributed by atoms with van der Waals surface area (Å²) in [5.74, 6) is -1.12. The highest BCUT2D eigenvalue weighted by molar-refractivity contribution is 7.89. The molecular formula is C13H20N2O4S. The highest BCUT2D eigenvalue weighted by atomic mass is 32.2. The molecule has 6 nitrogen and oxygen atoms in total. The van der Waals surface area contributed by atoms with Crippen molar-refractivity contribution in [3.63, 3.8) is 0 Å². The summed E-state index contributed by atoms with van der Waals surface area (Å²) in [5.41, 5.74) is 5.42. The van der Waals surface area contributed by atoms with Gasteiger partial charge in [-0.05, 0) is 24.1 Å². The Hall–Kier alpha value is -1.60. The number of nitrogen functional groups attached to an aromatic ring is 1. The number of anilines is 1. The van der Waals surface area contributed by atoms with Gasteiger partial charge in [-0.1, -0.05) is 20.3 Å². The van der Waals surface area contributed by atoms with Gasteiger partial charge in [-0.25, -0.2) is 17.5 Å². The molecular weight excluding hydrogens is 280 g/mol. The molecule has 20 heavy (non-hydrogen) atoms. The number of carboxylic acid groups (broad SMARTS) is 1. The molecule has 0 radical (unpaired) electrons. The zero-order valence-corrected chi connectivity index (χ0v) is 12.6. The minimum Gasteiger partial charge on any atom is -0.478 e. The average Bonchev–Trinajstić information content (AvgIpc) is 2.37. The molecule has 0 aromatic heterocycles. The van der Waals surface area contributed by atoms with Crippen molar-refractivity contribution in [3.05, 3.63) is 23.8 Å². The fourth-order valence-electron chi connectivity index (χ4n) is 1.77. The Labute approximate surface area is 119 Å². The lowest BCUT2D eigenvalue weighted by molar-refractivity contribution is 0.0692. The molecule has 112 valence electrons. The Morgan fingerprint density at radius 1 is 1.45 bits per heavy atom. The number of hydrogen-bond acceptors (Lipinski definition) is 4. The van der Waals surface area contributed by atoms with Crippen molar-refractivity contribution in [1.29, 1.82) is 0 Å². The lowest BCUT2D eigenvalue weighted by Crippen LogP contribution is -2.32. The molecule has 0 spiro atoms. The largest absolute Gasteiger partial charge is 0.478 e. The Morgan fingerprint density at radius 2 is 2.05 bits per heavy atom. The van der Waals surface area contributed by atoms with Crippen molar-refractivity contribution in [2.45, 2.75) is 25.2 Å². The van der Waals surface area contributed by atoms with Crippen LogP contribution in [0, 0.1) is 5.92 Å². The maximum absolute atomic E-state index is 12.4. The number of carbonyl (C=O) groups is 1. The Morgan fingerprint density at radius 3 is 2.55 bits per heavy atom. The first-order valence-corrected chi connectivity index (χ1v) is 7.73. The van der Waals surface area contributed by atoms with E-state index in [0.29, 0.717) is 6.54 Å². The summed E-state index contributed by atoms with van der Waals surface area (Å²) in [7, 11) is -2.39. The van der Waals surface area contributed by atoms with E-state index in [1.165, 1.54) is 23.5 Å². The molecule has 1 unspecified atom stereocenters. The summed E-state index contributed by atoms with van der Waals surface area (Å²) >= 11 is 0. The van der Waals surface area contributed by atoms with E-state index in [1.807, 2.05) is 13.8 Å². The molecule has 0 aliphatic heterocycles. The number of nitrogens with zero attached hydrogens (tertiary/aromatic N) is 1. The van der Waals surface area contributed by atoms with E-state index >= 15 is 0 Å². The summed E-state index contributed by atoms with van der Waals surface area (Å²) in [6, 6.07) is 3.78. The predicted octanol–water partition coefficient (Wildman–Crippen LogP) is 1.63. The summed E-state index contributed by atoms with van der Waals surface area (Å²) in [5, 5.41) is 9.12. The number of aromatic carboxylic acids is 1. The first kappa shape index (κ1) is 16.5. The molecule has 1 atom stereocenters. The van der Waals surface area contributed by atoms with E-state index < -0.39 is 16.0 Å². The van der Waals surface area contributed by atoms with Crippen LogP contribution in [0.1, 0.15) is 30.6 Å². The number of nitrogens with two attached hydrogens (primary N) is 1. The fourth-order valence-corrected chi connectivity index (χ4v) is 3.22. The van der Waals surface area contributed by atoms with Crippen LogP contribution < -0.4 is 5.73 Å². The van der Waals surface area contributed by atoms with Gasteiger partial charge in [0.15, 0.2) is 0 Å². The molecule has 0 aliphatic rings. The summed E-state index contributed by atoms with van der Waals surface area (Å²) in [6.45, 7) is 4.24. The van der Waals surface area contributed by atoms with Crippen molar-refractivity contribution in [2.75, 3.05) is 19.3 Å². The van der Waals surface area contributed by atoms with Crippen LogP contribution in [-0.4, -0.2) is 37.4 Å². The summed E-state index contributed by atoms with van der Waals surface area (Å²) in [6.07, 6.45) is 0.841. The van der Waals surface area contributed by atoms with Gasteiger partial charge in [-0.2, -0.15) is 0 Å². The minimum atomic E-state index is -3.84. The third-order valence-electron chi connectivity index (χ3n) is 3.19. The first-order chi connectivity index (χ1) is 9.20. The smallest absolute Gasteiger partial charge is 0.337 e. The van der Waals surface area contributed by atoms with Gasteiger partial charge in [-0.15, -0.1) is 0 Å². The highest BCUT2D eigenvalue weighted by Gasteiger charge is 2.27. The van der Waals surface area contributed by atoms with Gasteiger partial charge in [0.25, 0.3) is 0 Å². The lowest BCUT2D eigenvalue weighted by atomic mass is 10.1. The second-order valence-electron chi connectivity index (χ2n) is 4.86. The van der Waals surface area contributed by atoms with Gasteiger partial charge >= 0.3 is 5.97 Å². The SMILES string of the molecule is CCC(C)CN(C)S(=O)(=O)c1ccc(N)cc1C(=O)O. The molecule has 0 saturated carbocycles. The monoisotopic (exact) mass is 300 g/mol. The lowest BCUT2D eigenvalue weighted by Gasteiger charge is -2.21. The standard InChI is InChI=1S/C13H20N2O4S/c1-4-9(2)8-15(3)20(18,19)12-6-5-10(14)7-11(12)13(16)17/h5-7,9H,4,8,14H2,1-3H3,(H,16,17).